The van der Waals surface area contributed by atoms with Gasteiger partial charge in [0.25, 0.3) is 5.91 Å². The van der Waals surface area contributed by atoms with Crippen molar-refractivity contribution < 1.29 is 24.2 Å². The average Bonchev–Trinajstić information content (AvgIpc) is 2.83. The lowest BCUT2D eigenvalue weighted by Crippen LogP contribution is -2.47. The molecule has 12 heteroatoms. The van der Waals surface area contributed by atoms with Crippen LogP contribution in [0.1, 0.15) is 31.7 Å². The Morgan fingerprint density at radius 1 is 1.22 bits per heavy atom. The van der Waals surface area contributed by atoms with Gasteiger partial charge in [0.2, 0.25) is 5.88 Å². The molecule has 3 amide bonds. The summed E-state index contributed by atoms with van der Waals surface area (Å²) in [7, 11) is 0. The second-order valence-corrected chi connectivity index (χ2v) is 9.26. The van der Waals surface area contributed by atoms with E-state index in [1.165, 1.54) is 12.3 Å². The third kappa shape index (κ3) is 8.54. The Morgan fingerprint density at radius 3 is 2.64 bits per heavy atom. The van der Waals surface area contributed by atoms with E-state index in [2.05, 4.69) is 20.9 Å². The topological polar surface area (TPSA) is 133 Å². The molecule has 194 valence electrons. The second kappa shape index (κ2) is 13.3. The number of urea groups is 1. The van der Waals surface area contributed by atoms with E-state index in [-0.39, 0.29) is 42.0 Å². The van der Waals surface area contributed by atoms with Crippen LogP contribution >= 0.6 is 23.2 Å². The molecule has 1 atom stereocenters. The molecule has 0 bridgehead atoms. The molecule has 36 heavy (non-hydrogen) atoms. The minimum absolute atomic E-state index is 0.0130. The fourth-order valence-electron chi connectivity index (χ4n) is 3.79. The van der Waals surface area contributed by atoms with Crippen molar-refractivity contribution in [1.29, 1.82) is 0 Å². The summed E-state index contributed by atoms with van der Waals surface area (Å²) in [5, 5.41) is 18.0. The van der Waals surface area contributed by atoms with Gasteiger partial charge in [0.15, 0.2) is 6.10 Å². The Bertz CT molecular complexity index is 1080. The van der Waals surface area contributed by atoms with Crippen LogP contribution in [0.3, 0.4) is 0 Å². The lowest BCUT2D eigenvalue weighted by Gasteiger charge is -2.31. The van der Waals surface area contributed by atoms with E-state index >= 15 is 0 Å². The summed E-state index contributed by atoms with van der Waals surface area (Å²) in [6, 6.07) is 8.29. The standard InChI is InChI=1S/C24H29Cl2N5O5/c1-2-20(36-23-19(26)11-16(25)13-28-23)22(34)27-12-15-4-3-5-18(10-15)30-24(35)29-17-6-8-31(9-7-17)14-21(32)33/h3-5,10-11,13,17,20H,2,6-9,12,14H2,1H3,(H,27,34)(H,32,33)(H2,29,30,35)/t20-/m1/s1. The SMILES string of the molecule is CC[C@@H](Oc1ncc(Cl)cc1Cl)C(=O)NCc1cccc(NC(=O)NC2CCN(CC(=O)O)CC2)c1. The van der Waals surface area contributed by atoms with Gasteiger partial charge in [0, 0.05) is 37.6 Å². The third-order valence-corrected chi connectivity index (χ3v) is 6.10. The van der Waals surface area contributed by atoms with Crippen LogP contribution in [0.5, 0.6) is 5.88 Å². The number of piperidine rings is 1. The number of anilines is 1. The molecule has 4 N–H and O–H groups in total. The molecular formula is C24H29Cl2N5O5. The predicted molar refractivity (Wildman–Crippen MR) is 137 cm³/mol. The number of nitrogens with one attached hydrogen (secondary N) is 3. The summed E-state index contributed by atoms with van der Waals surface area (Å²) in [4.78, 5) is 41.8. The lowest BCUT2D eigenvalue weighted by molar-refractivity contribution is -0.138. The van der Waals surface area contributed by atoms with Crippen LogP contribution in [0.15, 0.2) is 36.5 Å². The van der Waals surface area contributed by atoms with Crippen LogP contribution in [0, 0.1) is 0 Å². The molecule has 1 fully saturated rings. The van der Waals surface area contributed by atoms with Gasteiger partial charge in [-0.25, -0.2) is 9.78 Å². The Kier molecular flexibility index (Phi) is 10.2. The number of carbonyl (C=O) groups is 3. The summed E-state index contributed by atoms with van der Waals surface area (Å²) < 4.78 is 5.66. The van der Waals surface area contributed by atoms with Gasteiger partial charge >= 0.3 is 12.0 Å². The molecule has 10 nitrogen and oxygen atoms in total. The first-order valence-corrected chi connectivity index (χ1v) is 12.3. The number of pyridine rings is 1. The number of hydrogen-bond donors (Lipinski definition) is 4. The van der Waals surface area contributed by atoms with Gasteiger partial charge in [0.1, 0.15) is 5.02 Å². The molecule has 0 spiro atoms. The predicted octanol–water partition coefficient (Wildman–Crippen LogP) is 3.53. The number of amides is 3. The lowest BCUT2D eigenvalue weighted by atomic mass is 10.1. The minimum Gasteiger partial charge on any atom is -0.480 e. The smallest absolute Gasteiger partial charge is 0.319 e. The number of hydrogen-bond acceptors (Lipinski definition) is 6. The molecule has 2 aromatic rings. The fraction of sp³-hybridized carbons (Fsp3) is 0.417. The number of nitrogens with zero attached hydrogens (tertiary/aromatic N) is 2. The van der Waals surface area contributed by atoms with E-state index in [0.717, 1.165) is 5.56 Å². The summed E-state index contributed by atoms with van der Waals surface area (Å²) in [5.74, 6) is -1.04. The quantitative estimate of drug-likeness (QED) is 0.364. The van der Waals surface area contributed by atoms with Crippen molar-refractivity contribution in [3.8, 4) is 5.88 Å². The second-order valence-electron chi connectivity index (χ2n) is 8.42. The Hall–Kier alpha value is -3.08. The van der Waals surface area contributed by atoms with Gasteiger partial charge < -0.3 is 25.8 Å². The highest BCUT2D eigenvalue weighted by atomic mass is 35.5. The molecular weight excluding hydrogens is 509 g/mol. The van der Waals surface area contributed by atoms with E-state index in [1.54, 1.807) is 18.2 Å². The summed E-state index contributed by atoms with van der Waals surface area (Å²) in [5.41, 5.74) is 1.38. The Labute approximate surface area is 219 Å². The fourth-order valence-corrected chi connectivity index (χ4v) is 4.21. The van der Waals surface area contributed by atoms with Crippen LogP contribution in [-0.2, 0) is 16.1 Å². The highest BCUT2D eigenvalue weighted by molar-refractivity contribution is 6.35. The number of carbonyl (C=O) groups excluding carboxylic acids is 2. The molecule has 1 saturated heterocycles. The van der Waals surface area contributed by atoms with Crippen LogP contribution in [-0.4, -0.2) is 64.7 Å². The number of halogens is 2. The van der Waals surface area contributed by atoms with Crippen molar-refractivity contribution in [2.45, 2.75) is 44.9 Å². The number of aromatic nitrogens is 1. The highest BCUT2D eigenvalue weighted by Gasteiger charge is 2.22. The molecule has 1 aromatic heterocycles. The summed E-state index contributed by atoms with van der Waals surface area (Å²) in [6.45, 7) is 3.30. The van der Waals surface area contributed by atoms with Gasteiger partial charge in [-0.05, 0) is 43.0 Å². The summed E-state index contributed by atoms with van der Waals surface area (Å²) in [6.07, 6.45) is 2.38. The largest absolute Gasteiger partial charge is 0.480 e. The number of ether oxygens (including phenoxy) is 1. The number of likely N-dealkylation sites (tertiary alicyclic amines) is 1. The van der Waals surface area contributed by atoms with E-state index in [4.69, 9.17) is 33.0 Å². The van der Waals surface area contributed by atoms with Gasteiger partial charge in [-0.2, -0.15) is 0 Å². The summed E-state index contributed by atoms with van der Waals surface area (Å²) >= 11 is 11.9. The molecule has 1 aliphatic heterocycles. The third-order valence-electron chi connectivity index (χ3n) is 5.62. The van der Waals surface area contributed by atoms with Crippen molar-refractivity contribution in [2.75, 3.05) is 25.0 Å². The Morgan fingerprint density at radius 2 is 1.97 bits per heavy atom. The van der Waals surface area contributed by atoms with Crippen molar-refractivity contribution in [3.63, 3.8) is 0 Å². The highest BCUT2D eigenvalue weighted by Crippen LogP contribution is 2.26. The molecule has 3 rings (SSSR count). The number of carboxylic acids is 1. The van der Waals surface area contributed by atoms with E-state index in [0.29, 0.717) is 43.1 Å². The average molecular weight is 538 g/mol. The molecule has 1 aliphatic rings. The van der Waals surface area contributed by atoms with Crippen molar-refractivity contribution in [3.05, 3.63) is 52.1 Å². The number of carboxylic acid groups (broad SMARTS) is 1. The minimum atomic E-state index is -0.851. The zero-order valence-corrected chi connectivity index (χ0v) is 21.3. The van der Waals surface area contributed by atoms with Crippen molar-refractivity contribution in [2.24, 2.45) is 0 Å². The molecule has 0 saturated carbocycles. The number of rotatable bonds is 10. The maximum absolute atomic E-state index is 12.6. The first-order chi connectivity index (χ1) is 17.2. The van der Waals surface area contributed by atoms with Gasteiger partial charge in [-0.3, -0.25) is 14.5 Å². The van der Waals surface area contributed by atoms with E-state index < -0.39 is 12.1 Å². The van der Waals surface area contributed by atoms with Gasteiger partial charge in [-0.15, -0.1) is 0 Å². The van der Waals surface area contributed by atoms with Crippen molar-refractivity contribution in [1.82, 2.24) is 20.5 Å². The molecule has 0 unspecified atom stereocenters. The van der Waals surface area contributed by atoms with Gasteiger partial charge in [0.05, 0.1) is 11.6 Å². The normalized spacial score (nSPS) is 15.1. The molecule has 0 radical (unpaired) electrons. The monoisotopic (exact) mass is 537 g/mol. The van der Waals surface area contributed by atoms with Crippen LogP contribution < -0.4 is 20.7 Å². The van der Waals surface area contributed by atoms with Crippen LogP contribution in [0.25, 0.3) is 0 Å². The van der Waals surface area contributed by atoms with E-state index in [1.807, 2.05) is 17.9 Å². The zero-order chi connectivity index (χ0) is 26.1. The van der Waals surface area contributed by atoms with Gasteiger partial charge in [-0.1, -0.05) is 42.3 Å². The first-order valence-electron chi connectivity index (χ1n) is 11.6. The maximum Gasteiger partial charge on any atom is 0.319 e. The van der Waals surface area contributed by atoms with E-state index in [9.17, 15) is 14.4 Å². The first kappa shape index (κ1) is 27.5. The number of aliphatic carboxylic acids is 1. The molecule has 0 aliphatic carbocycles. The van der Waals surface area contributed by atoms with Crippen molar-refractivity contribution >= 4 is 46.8 Å². The van der Waals surface area contributed by atoms with Crippen LogP contribution in [0.2, 0.25) is 10.0 Å². The zero-order valence-electron chi connectivity index (χ0n) is 19.8. The number of benzene rings is 1. The Balaban J connectivity index is 1.47. The molecule has 1 aromatic carbocycles. The van der Waals surface area contributed by atoms with Crippen LogP contribution in [0.4, 0.5) is 10.5 Å². The maximum atomic E-state index is 12.6. The molecule has 2 heterocycles.